The Morgan fingerprint density at radius 3 is 1.88 bits per heavy atom. The van der Waals surface area contributed by atoms with Crippen LogP contribution in [-0.4, -0.2) is 38.7 Å². The number of nitrogens with one attached hydrogen (secondary N) is 4. The predicted octanol–water partition coefficient (Wildman–Crippen LogP) is -0.751. The van der Waals surface area contributed by atoms with Crippen molar-refractivity contribution in [2.24, 2.45) is 0 Å². The highest BCUT2D eigenvalue weighted by Gasteiger charge is 2.08. The molecule has 17 heavy (non-hydrogen) atoms. The number of urea groups is 2. The largest absolute Gasteiger partial charge is 0.463 e. The molecule has 0 saturated carbocycles. The smallest absolute Gasteiger partial charge is 0.334 e. The second kappa shape index (κ2) is 7.97. The van der Waals surface area contributed by atoms with Crippen LogP contribution in [0.3, 0.4) is 0 Å². The Hall–Kier alpha value is -2.25. The summed E-state index contributed by atoms with van der Waals surface area (Å²) >= 11 is 0. The van der Waals surface area contributed by atoms with Crippen molar-refractivity contribution in [2.75, 3.05) is 20.7 Å². The van der Waals surface area contributed by atoms with Crippen molar-refractivity contribution < 1.29 is 19.1 Å². The van der Waals surface area contributed by atoms with E-state index in [1.54, 1.807) is 6.92 Å². The van der Waals surface area contributed by atoms with Gasteiger partial charge in [0.2, 0.25) is 0 Å². The van der Waals surface area contributed by atoms with Crippen LogP contribution in [-0.2, 0) is 9.53 Å². The Morgan fingerprint density at radius 2 is 1.53 bits per heavy atom. The van der Waals surface area contributed by atoms with E-state index in [-0.39, 0.29) is 12.4 Å². The molecule has 0 atom stereocenters. The number of hydrogen-bond donors (Lipinski definition) is 4. The zero-order chi connectivity index (χ0) is 13.3. The topological polar surface area (TPSA) is 109 Å². The molecule has 8 heteroatoms. The Balaban J connectivity index is 4.65. The van der Waals surface area contributed by atoms with Gasteiger partial charge >= 0.3 is 18.0 Å². The second-order valence-corrected chi connectivity index (χ2v) is 2.72. The van der Waals surface area contributed by atoms with Crippen molar-refractivity contribution in [1.82, 2.24) is 21.3 Å². The number of amides is 4. The minimum absolute atomic E-state index is 0.0813. The number of carbonyl (C=O) groups is 3. The van der Waals surface area contributed by atoms with Gasteiger partial charge in [0.1, 0.15) is 5.82 Å². The summed E-state index contributed by atoms with van der Waals surface area (Å²) < 4.78 is 4.64. The van der Waals surface area contributed by atoms with E-state index in [1.165, 1.54) is 14.1 Å². The lowest BCUT2D eigenvalue weighted by Crippen LogP contribution is -2.42. The first-order valence-electron chi connectivity index (χ1n) is 4.89. The van der Waals surface area contributed by atoms with Gasteiger partial charge in [0.25, 0.3) is 0 Å². The lowest BCUT2D eigenvalue weighted by atomic mass is 10.5. The minimum Gasteiger partial charge on any atom is -0.463 e. The molecule has 0 spiro atoms. The molecule has 8 nitrogen and oxygen atoms in total. The van der Waals surface area contributed by atoms with Crippen LogP contribution in [0.15, 0.2) is 11.9 Å². The highest BCUT2D eigenvalue weighted by Crippen LogP contribution is 1.88. The molecule has 0 heterocycles. The van der Waals surface area contributed by atoms with E-state index >= 15 is 0 Å². The predicted molar refractivity (Wildman–Crippen MR) is 59.9 cm³/mol. The van der Waals surface area contributed by atoms with Gasteiger partial charge in [0.15, 0.2) is 0 Å². The molecule has 0 aromatic rings. The molecular weight excluding hydrogens is 228 g/mol. The van der Waals surface area contributed by atoms with E-state index in [1.807, 2.05) is 0 Å². The monoisotopic (exact) mass is 244 g/mol. The summed E-state index contributed by atoms with van der Waals surface area (Å²) in [7, 11) is 2.80. The van der Waals surface area contributed by atoms with Gasteiger partial charge in [-0.2, -0.15) is 0 Å². The Morgan fingerprint density at radius 1 is 1.06 bits per heavy atom. The molecule has 0 aromatic heterocycles. The molecule has 0 bridgehead atoms. The fraction of sp³-hybridized carbons (Fsp3) is 0.444. The quantitative estimate of drug-likeness (QED) is 0.385. The van der Waals surface area contributed by atoms with E-state index in [0.29, 0.717) is 0 Å². The van der Waals surface area contributed by atoms with Gasteiger partial charge in [-0.3, -0.25) is 10.6 Å². The summed E-state index contributed by atoms with van der Waals surface area (Å²) in [6.45, 7) is 1.84. The second-order valence-electron chi connectivity index (χ2n) is 2.72. The molecule has 0 aliphatic carbocycles. The average Bonchev–Trinajstić information content (AvgIpc) is 2.28. The zero-order valence-electron chi connectivity index (χ0n) is 9.92. The third kappa shape index (κ3) is 6.77. The third-order valence-electron chi connectivity index (χ3n) is 1.50. The molecule has 0 rings (SSSR count). The van der Waals surface area contributed by atoms with Crippen LogP contribution >= 0.6 is 0 Å². The maximum absolute atomic E-state index is 11.2. The molecule has 4 N–H and O–H groups in total. The maximum atomic E-state index is 11.2. The van der Waals surface area contributed by atoms with Crippen LogP contribution in [0.25, 0.3) is 0 Å². The first-order chi connectivity index (χ1) is 8.03. The Labute approximate surface area is 98.8 Å². The summed E-state index contributed by atoms with van der Waals surface area (Å²) in [6.07, 6.45) is 0.966. The van der Waals surface area contributed by atoms with Crippen molar-refractivity contribution in [3.8, 4) is 0 Å². The zero-order valence-corrected chi connectivity index (χ0v) is 9.92. The standard InChI is InChI=1S/C9H16N4O4/c1-4-17-7(14)5-6(12-8(15)10-2)13-9(16)11-3/h5H,4H2,1-3H3,(H2,10,12,15)(H2,11,13,16). The normalized spacial score (nSPS) is 8.65. The molecule has 0 fully saturated rings. The summed E-state index contributed by atoms with van der Waals surface area (Å²) in [5.74, 6) is -0.752. The number of ether oxygens (including phenoxy) is 1. The molecule has 0 radical (unpaired) electrons. The Kier molecular flexibility index (Phi) is 6.91. The molecule has 0 unspecified atom stereocenters. The maximum Gasteiger partial charge on any atom is 0.334 e. The number of rotatable bonds is 4. The minimum atomic E-state index is -0.671. The summed E-state index contributed by atoms with van der Waals surface area (Å²) in [5, 5.41) is 9.07. The average molecular weight is 244 g/mol. The van der Waals surface area contributed by atoms with Crippen molar-refractivity contribution in [3.05, 3.63) is 11.9 Å². The van der Waals surface area contributed by atoms with E-state index in [9.17, 15) is 14.4 Å². The number of carbonyl (C=O) groups excluding carboxylic acids is 3. The van der Waals surface area contributed by atoms with Gasteiger partial charge in [-0.05, 0) is 6.92 Å². The highest BCUT2D eigenvalue weighted by molar-refractivity contribution is 5.86. The van der Waals surface area contributed by atoms with Crippen LogP contribution in [0.4, 0.5) is 9.59 Å². The summed E-state index contributed by atoms with van der Waals surface area (Å²) in [4.78, 5) is 33.2. The van der Waals surface area contributed by atoms with E-state index < -0.39 is 18.0 Å². The van der Waals surface area contributed by atoms with Crippen LogP contribution < -0.4 is 21.3 Å². The first kappa shape index (κ1) is 14.8. The fourth-order valence-electron chi connectivity index (χ4n) is 0.775. The van der Waals surface area contributed by atoms with Gasteiger partial charge in [-0.15, -0.1) is 0 Å². The molecule has 0 aliphatic heterocycles. The highest BCUT2D eigenvalue weighted by atomic mass is 16.5. The number of esters is 1. The molecular formula is C9H16N4O4. The van der Waals surface area contributed by atoms with Crippen molar-refractivity contribution >= 4 is 18.0 Å². The summed E-state index contributed by atoms with van der Waals surface area (Å²) in [6, 6.07) is -1.14. The van der Waals surface area contributed by atoms with Crippen molar-refractivity contribution in [1.29, 1.82) is 0 Å². The van der Waals surface area contributed by atoms with Gasteiger partial charge in [-0.1, -0.05) is 0 Å². The molecule has 0 aliphatic rings. The lowest BCUT2D eigenvalue weighted by molar-refractivity contribution is -0.137. The third-order valence-corrected chi connectivity index (χ3v) is 1.50. The van der Waals surface area contributed by atoms with Gasteiger partial charge in [0, 0.05) is 14.1 Å². The number of hydrogen-bond acceptors (Lipinski definition) is 4. The summed E-state index contributed by atoms with van der Waals surface area (Å²) in [5.41, 5.74) is 0. The van der Waals surface area contributed by atoms with Gasteiger partial charge in [0.05, 0.1) is 12.7 Å². The lowest BCUT2D eigenvalue weighted by Gasteiger charge is -2.10. The first-order valence-corrected chi connectivity index (χ1v) is 4.89. The molecule has 0 aromatic carbocycles. The SMILES string of the molecule is CCOC(=O)C=C(NC(=O)NC)NC(=O)NC. The molecule has 96 valence electrons. The van der Waals surface area contributed by atoms with Gasteiger partial charge in [-0.25, -0.2) is 14.4 Å². The van der Waals surface area contributed by atoms with Crippen LogP contribution in [0, 0.1) is 0 Å². The van der Waals surface area contributed by atoms with E-state index in [2.05, 4.69) is 26.0 Å². The molecule has 4 amide bonds. The van der Waals surface area contributed by atoms with Crippen molar-refractivity contribution in [2.45, 2.75) is 6.92 Å². The van der Waals surface area contributed by atoms with E-state index in [0.717, 1.165) is 6.08 Å². The van der Waals surface area contributed by atoms with E-state index in [4.69, 9.17) is 0 Å². The fourth-order valence-corrected chi connectivity index (χ4v) is 0.775. The van der Waals surface area contributed by atoms with Crippen molar-refractivity contribution in [3.63, 3.8) is 0 Å². The van der Waals surface area contributed by atoms with Crippen LogP contribution in [0.2, 0.25) is 0 Å². The van der Waals surface area contributed by atoms with Gasteiger partial charge < -0.3 is 15.4 Å². The molecule has 0 saturated heterocycles. The van der Waals surface area contributed by atoms with Crippen LogP contribution in [0.5, 0.6) is 0 Å². The van der Waals surface area contributed by atoms with Crippen LogP contribution in [0.1, 0.15) is 6.92 Å². The Bertz CT molecular complexity index is 307.